The smallest absolute Gasteiger partial charge is 0.303 e. The lowest BCUT2D eigenvalue weighted by Crippen LogP contribution is -2.39. The number of carbonyl (C=O) groups is 2. The van der Waals surface area contributed by atoms with Crippen LogP contribution in [0.5, 0.6) is 5.75 Å². The van der Waals surface area contributed by atoms with Gasteiger partial charge in [-0.25, -0.2) is 0 Å². The third kappa shape index (κ3) is 4.08. The van der Waals surface area contributed by atoms with Crippen molar-refractivity contribution in [2.75, 3.05) is 6.61 Å². The minimum atomic E-state index is -0.640. The highest BCUT2D eigenvalue weighted by molar-refractivity contribution is 5.67. The molecule has 0 saturated heterocycles. The fourth-order valence-electron chi connectivity index (χ4n) is 2.19. The molecule has 1 aromatic carbocycles. The molecule has 1 heterocycles. The van der Waals surface area contributed by atoms with Crippen LogP contribution in [-0.2, 0) is 23.8 Å². The van der Waals surface area contributed by atoms with Crippen LogP contribution < -0.4 is 0 Å². The Labute approximate surface area is 128 Å². The first-order chi connectivity index (χ1) is 10.5. The van der Waals surface area contributed by atoms with Crippen LogP contribution >= 0.6 is 0 Å². The number of para-hydroxylation sites is 1. The van der Waals surface area contributed by atoms with Gasteiger partial charge in [0.1, 0.15) is 30.7 Å². The summed E-state index contributed by atoms with van der Waals surface area (Å²) in [5, 5.41) is 9.89. The van der Waals surface area contributed by atoms with Gasteiger partial charge in [0.25, 0.3) is 0 Å². The number of hydrogen-bond donors (Lipinski definition) is 1. The van der Waals surface area contributed by atoms with E-state index in [4.69, 9.17) is 14.2 Å². The van der Waals surface area contributed by atoms with E-state index >= 15 is 0 Å². The molecule has 6 nitrogen and oxygen atoms in total. The van der Waals surface area contributed by atoms with Crippen LogP contribution in [0, 0.1) is 0 Å². The van der Waals surface area contributed by atoms with E-state index in [0.29, 0.717) is 5.56 Å². The van der Waals surface area contributed by atoms with Gasteiger partial charge < -0.3 is 19.3 Å². The minimum absolute atomic E-state index is 0.0400. The molecule has 0 amide bonds. The molecule has 1 aromatic rings. The van der Waals surface area contributed by atoms with Gasteiger partial charge in [0.2, 0.25) is 0 Å². The summed E-state index contributed by atoms with van der Waals surface area (Å²) in [6.07, 6.45) is 1.60. The molecule has 118 valence electrons. The zero-order valence-corrected chi connectivity index (χ0v) is 12.4. The molecule has 3 atom stereocenters. The molecule has 0 radical (unpaired) electrons. The van der Waals surface area contributed by atoms with Crippen molar-refractivity contribution in [1.29, 1.82) is 0 Å². The number of rotatable bonds is 4. The molecule has 1 N–H and O–H groups in total. The summed E-state index contributed by atoms with van der Waals surface area (Å²) in [4.78, 5) is 22.1. The van der Waals surface area contributed by atoms with Gasteiger partial charge in [0.05, 0.1) is 0 Å². The van der Waals surface area contributed by atoms with E-state index in [1.54, 1.807) is 36.4 Å². The number of phenols is 1. The number of aromatic hydroxyl groups is 1. The summed E-state index contributed by atoms with van der Waals surface area (Å²) in [5.74, 6) is -0.791. The number of carbonyl (C=O) groups excluding carboxylic acids is 2. The molecule has 2 rings (SSSR count). The quantitative estimate of drug-likeness (QED) is 0.675. The highest BCUT2D eigenvalue weighted by Crippen LogP contribution is 2.32. The Bertz CT molecular complexity index is 580. The Hall–Kier alpha value is -2.34. The Balaban J connectivity index is 2.18. The van der Waals surface area contributed by atoms with E-state index in [1.807, 2.05) is 0 Å². The number of ether oxygens (including phenoxy) is 3. The average Bonchev–Trinajstić information content (AvgIpc) is 2.46. The predicted molar refractivity (Wildman–Crippen MR) is 77.0 cm³/mol. The second-order valence-electron chi connectivity index (χ2n) is 4.92. The van der Waals surface area contributed by atoms with Crippen LogP contribution in [-0.4, -0.2) is 35.9 Å². The number of phenolic OH excluding ortho intramolecular Hbond substituents is 1. The first kappa shape index (κ1) is 16.0. The maximum absolute atomic E-state index is 11.1. The molecule has 1 aliphatic rings. The van der Waals surface area contributed by atoms with Crippen LogP contribution in [0.2, 0.25) is 0 Å². The standard InChI is InChI=1S/C16H18O6/c1-10(17)20-9-16-15(21-11(2)18)8-7-14(22-16)12-5-3-4-6-13(12)19/h3-8,14-16,19H,9H2,1-2H3/t14-,15+,16+/m0/s1. The average molecular weight is 306 g/mol. The summed E-state index contributed by atoms with van der Waals surface area (Å²) in [6, 6.07) is 6.79. The van der Waals surface area contributed by atoms with Gasteiger partial charge in [-0.1, -0.05) is 24.3 Å². The SMILES string of the molecule is CC(=O)OC[C@H]1O[C@H](c2ccccc2O)C=C[C@H]1OC(C)=O. The van der Waals surface area contributed by atoms with Crippen molar-refractivity contribution in [2.24, 2.45) is 0 Å². The van der Waals surface area contributed by atoms with Gasteiger partial charge in [-0.2, -0.15) is 0 Å². The lowest BCUT2D eigenvalue weighted by atomic mass is 10.0. The molecule has 0 saturated carbocycles. The monoisotopic (exact) mass is 306 g/mol. The summed E-state index contributed by atoms with van der Waals surface area (Å²) >= 11 is 0. The first-order valence-electron chi connectivity index (χ1n) is 6.89. The third-order valence-corrected chi connectivity index (χ3v) is 3.16. The molecular formula is C16H18O6. The number of hydrogen-bond acceptors (Lipinski definition) is 6. The normalized spacial score (nSPS) is 23.8. The summed E-state index contributed by atoms with van der Waals surface area (Å²) in [6.45, 7) is 2.55. The third-order valence-electron chi connectivity index (χ3n) is 3.16. The van der Waals surface area contributed by atoms with E-state index in [0.717, 1.165) is 0 Å². The van der Waals surface area contributed by atoms with E-state index in [9.17, 15) is 14.7 Å². The van der Waals surface area contributed by atoms with Crippen molar-refractivity contribution in [3.63, 3.8) is 0 Å². The molecule has 6 heteroatoms. The first-order valence-corrected chi connectivity index (χ1v) is 6.89. The molecule has 0 unspecified atom stereocenters. The number of esters is 2. The van der Waals surface area contributed by atoms with Gasteiger partial charge in [-0.3, -0.25) is 9.59 Å². The van der Waals surface area contributed by atoms with E-state index in [-0.39, 0.29) is 12.4 Å². The topological polar surface area (TPSA) is 82.1 Å². The van der Waals surface area contributed by atoms with Crippen molar-refractivity contribution < 1.29 is 28.9 Å². The lowest BCUT2D eigenvalue weighted by Gasteiger charge is -2.31. The highest BCUT2D eigenvalue weighted by Gasteiger charge is 2.31. The fourth-order valence-corrected chi connectivity index (χ4v) is 2.19. The van der Waals surface area contributed by atoms with Gasteiger partial charge in [0, 0.05) is 19.4 Å². The second-order valence-corrected chi connectivity index (χ2v) is 4.92. The Morgan fingerprint density at radius 3 is 2.55 bits per heavy atom. The largest absolute Gasteiger partial charge is 0.508 e. The van der Waals surface area contributed by atoms with E-state index in [2.05, 4.69) is 0 Å². The Morgan fingerprint density at radius 1 is 1.18 bits per heavy atom. The van der Waals surface area contributed by atoms with Crippen molar-refractivity contribution >= 4 is 11.9 Å². The van der Waals surface area contributed by atoms with Gasteiger partial charge in [-0.05, 0) is 12.1 Å². The molecule has 1 aliphatic heterocycles. The zero-order valence-electron chi connectivity index (χ0n) is 12.4. The molecule has 0 bridgehead atoms. The molecule has 0 fully saturated rings. The Kier molecular flexibility index (Phi) is 5.16. The van der Waals surface area contributed by atoms with E-state index in [1.165, 1.54) is 13.8 Å². The maximum Gasteiger partial charge on any atom is 0.303 e. The van der Waals surface area contributed by atoms with Gasteiger partial charge >= 0.3 is 11.9 Å². The maximum atomic E-state index is 11.1. The van der Waals surface area contributed by atoms with Crippen LogP contribution in [0.1, 0.15) is 25.5 Å². The predicted octanol–water partition coefficient (Wildman–Crippen LogP) is 1.88. The van der Waals surface area contributed by atoms with Crippen LogP contribution in [0.4, 0.5) is 0 Å². The summed E-state index contributed by atoms with van der Waals surface area (Å²) in [7, 11) is 0. The van der Waals surface area contributed by atoms with Crippen molar-refractivity contribution in [3.8, 4) is 5.75 Å². The van der Waals surface area contributed by atoms with Crippen LogP contribution in [0.15, 0.2) is 36.4 Å². The van der Waals surface area contributed by atoms with Crippen molar-refractivity contribution in [2.45, 2.75) is 32.2 Å². The van der Waals surface area contributed by atoms with Gasteiger partial charge in [0.15, 0.2) is 0 Å². The molecule has 0 aromatic heterocycles. The minimum Gasteiger partial charge on any atom is -0.508 e. The molecular weight excluding hydrogens is 288 g/mol. The highest BCUT2D eigenvalue weighted by atomic mass is 16.6. The summed E-state index contributed by atoms with van der Waals surface area (Å²) < 4.78 is 15.9. The molecule has 0 spiro atoms. The fraction of sp³-hybridized carbons (Fsp3) is 0.375. The second kappa shape index (κ2) is 7.09. The van der Waals surface area contributed by atoms with Crippen molar-refractivity contribution in [3.05, 3.63) is 42.0 Å². The molecule has 0 aliphatic carbocycles. The number of benzene rings is 1. The van der Waals surface area contributed by atoms with Crippen molar-refractivity contribution in [1.82, 2.24) is 0 Å². The Morgan fingerprint density at radius 2 is 1.91 bits per heavy atom. The van der Waals surface area contributed by atoms with Gasteiger partial charge in [-0.15, -0.1) is 0 Å². The lowest BCUT2D eigenvalue weighted by molar-refractivity contribution is -0.163. The zero-order chi connectivity index (χ0) is 16.1. The van der Waals surface area contributed by atoms with E-state index < -0.39 is 30.3 Å². The van der Waals surface area contributed by atoms with Crippen LogP contribution in [0.3, 0.4) is 0 Å². The summed E-state index contributed by atoms with van der Waals surface area (Å²) in [5.41, 5.74) is 0.591. The molecule has 22 heavy (non-hydrogen) atoms. The van der Waals surface area contributed by atoms with Crippen LogP contribution in [0.25, 0.3) is 0 Å².